The van der Waals surface area contributed by atoms with Crippen molar-refractivity contribution >= 4 is 6.09 Å². The van der Waals surface area contributed by atoms with Crippen molar-refractivity contribution in [3.63, 3.8) is 0 Å². The Morgan fingerprint density at radius 3 is 2.52 bits per heavy atom. The Hall–Kier alpha value is -1.03. The van der Waals surface area contributed by atoms with Crippen LogP contribution in [0.15, 0.2) is 12.2 Å². The highest BCUT2D eigenvalue weighted by Gasteiger charge is 2.20. The molecule has 1 N–H and O–H groups in total. The Morgan fingerprint density at radius 2 is 1.90 bits per heavy atom. The Kier molecular flexibility index (Phi) is 6.55. The van der Waals surface area contributed by atoms with Crippen LogP contribution in [0.4, 0.5) is 4.79 Å². The van der Waals surface area contributed by atoms with Gasteiger partial charge in [0.15, 0.2) is 0 Å². The predicted molar refractivity (Wildman–Crippen MR) is 85.5 cm³/mol. The molecule has 1 saturated carbocycles. The molecule has 0 radical (unpaired) electrons. The molecule has 120 valence electrons. The maximum absolute atomic E-state index is 10.8. The van der Waals surface area contributed by atoms with Crippen molar-refractivity contribution in [2.24, 2.45) is 11.8 Å². The van der Waals surface area contributed by atoms with Crippen LogP contribution in [0, 0.1) is 11.8 Å². The highest BCUT2D eigenvalue weighted by atomic mass is 16.4. The Balaban J connectivity index is 1.59. The second kappa shape index (κ2) is 8.42. The topological polar surface area (TPSA) is 43.8 Å². The molecule has 1 amide bonds. The maximum Gasteiger partial charge on any atom is 0.407 e. The molecule has 4 nitrogen and oxygen atoms in total. The van der Waals surface area contributed by atoms with Gasteiger partial charge in [0.1, 0.15) is 0 Å². The van der Waals surface area contributed by atoms with Crippen LogP contribution in [-0.2, 0) is 0 Å². The molecule has 0 aromatic carbocycles. The molecule has 21 heavy (non-hydrogen) atoms. The second-order valence-electron chi connectivity index (χ2n) is 6.71. The molecule has 1 aliphatic carbocycles. The van der Waals surface area contributed by atoms with Crippen molar-refractivity contribution in [2.45, 2.75) is 44.9 Å². The lowest BCUT2D eigenvalue weighted by Gasteiger charge is -2.28. The zero-order valence-corrected chi connectivity index (χ0v) is 13.3. The van der Waals surface area contributed by atoms with E-state index in [1.54, 1.807) is 7.05 Å². The number of allylic oxidation sites excluding steroid dienone is 1. The van der Waals surface area contributed by atoms with Gasteiger partial charge in [0.05, 0.1) is 0 Å². The summed E-state index contributed by atoms with van der Waals surface area (Å²) in [5, 5.41) is 8.85. The first-order valence-electron chi connectivity index (χ1n) is 8.48. The maximum atomic E-state index is 10.8. The van der Waals surface area contributed by atoms with Crippen LogP contribution in [0.1, 0.15) is 44.9 Å². The van der Waals surface area contributed by atoms with E-state index in [1.165, 1.54) is 56.5 Å². The van der Waals surface area contributed by atoms with Crippen molar-refractivity contribution in [3.05, 3.63) is 12.2 Å². The molecule has 2 rings (SSSR count). The van der Waals surface area contributed by atoms with Gasteiger partial charge in [-0.25, -0.2) is 4.79 Å². The molecule has 0 bridgehead atoms. The molecule has 4 heteroatoms. The number of likely N-dealkylation sites (tertiary alicyclic amines) is 1. The lowest BCUT2D eigenvalue weighted by Crippen LogP contribution is -2.28. The van der Waals surface area contributed by atoms with Crippen molar-refractivity contribution in [3.8, 4) is 0 Å². The molecule has 0 aromatic rings. The van der Waals surface area contributed by atoms with Crippen LogP contribution < -0.4 is 0 Å². The lowest BCUT2D eigenvalue weighted by atomic mass is 9.80. The number of hydrogen-bond donors (Lipinski definition) is 1. The first-order valence-corrected chi connectivity index (χ1v) is 8.48. The van der Waals surface area contributed by atoms with Crippen LogP contribution in [0.2, 0.25) is 0 Å². The van der Waals surface area contributed by atoms with Gasteiger partial charge in [-0.05, 0) is 69.9 Å². The Morgan fingerprint density at radius 1 is 1.24 bits per heavy atom. The smallest absolute Gasteiger partial charge is 0.407 e. The fourth-order valence-corrected chi connectivity index (χ4v) is 3.51. The van der Waals surface area contributed by atoms with E-state index in [4.69, 9.17) is 5.11 Å². The van der Waals surface area contributed by atoms with Crippen molar-refractivity contribution in [2.75, 3.05) is 33.2 Å². The Bertz CT molecular complexity index is 343. The summed E-state index contributed by atoms with van der Waals surface area (Å²) in [5.41, 5.74) is 0. The van der Waals surface area contributed by atoms with Gasteiger partial charge in [-0.15, -0.1) is 0 Å². The van der Waals surface area contributed by atoms with Crippen LogP contribution in [0.3, 0.4) is 0 Å². The van der Waals surface area contributed by atoms with Gasteiger partial charge in [-0.3, -0.25) is 4.90 Å². The van der Waals surface area contributed by atoms with Gasteiger partial charge < -0.3 is 10.0 Å². The van der Waals surface area contributed by atoms with Crippen molar-refractivity contribution < 1.29 is 9.90 Å². The van der Waals surface area contributed by atoms with Gasteiger partial charge >= 0.3 is 6.09 Å². The normalized spacial score (nSPS) is 27.3. The van der Waals surface area contributed by atoms with Gasteiger partial charge in [0.2, 0.25) is 0 Å². The number of amides is 1. The summed E-state index contributed by atoms with van der Waals surface area (Å²) in [6, 6.07) is 0. The standard InChI is InChI=1S/C17H30N2O2/c1-18(17(20)21)14-10-16-8-6-15(7-9-16)5-4-13-19-11-2-3-12-19/h4-5,15-16H,2-3,6-14H2,1H3,(H,20,21). The van der Waals surface area contributed by atoms with E-state index < -0.39 is 6.09 Å². The summed E-state index contributed by atoms with van der Waals surface area (Å²) in [6.45, 7) is 4.35. The number of rotatable bonds is 6. The molecule has 2 fully saturated rings. The summed E-state index contributed by atoms with van der Waals surface area (Å²) in [7, 11) is 1.66. The summed E-state index contributed by atoms with van der Waals surface area (Å²) < 4.78 is 0. The lowest BCUT2D eigenvalue weighted by molar-refractivity contribution is 0.150. The third kappa shape index (κ3) is 5.70. The van der Waals surface area contributed by atoms with E-state index >= 15 is 0 Å². The fourth-order valence-electron chi connectivity index (χ4n) is 3.51. The van der Waals surface area contributed by atoms with Crippen LogP contribution in [0.25, 0.3) is 0 Å². The van der Waals surface area contributed by atoms with Gasteiger partial charge in [-0.2, -0.15) is 0 Å². The first kappa shape index (κ1) is 16.3. The number of carboxylic acid groups (broad SMARTS) is 1. The minimum absolute atomic E-state index is 0.676. The molecule has 1 saturated heterocycles. The zero-order chi connectivity index (χ0) is 15.1. The second-order valence-corrected chi connectivity index (χ2v) is 6.71. The number of hydrogen-bond acceptors (Lipinski definition) is 2. The minimum atomic E-state index is -0.812. The number of carbonyl (C=O) groups is 1. The average molecular weight is 294 g/mol. The minimum Gasteiger partial charge on any atom is -0.465 e. The third-order valence-electron chi connectivity index (χ3n) is 5.06. The van der Waals surface area contributed by atoms with E-state index in [-0.39, 0.29) is 0 Å². The Labute approximate surface area is 128 Å². The molecule has 0 unspecified atom stereocenters. The molecule has 1 aliphatic heterocycles. The van der Waals surface area contributed by atoms with Crippen molar-refractivity contribution in [1.82, 2.24) is 9.80 Å². The molecule has 0 aromatic heterocycles. The van der Waals surface area contributed by atoms with E-state index in [2.05, 4.69) is 17.1 Å². The average Bonchev–Trinajstić information content (AvgIpc) is 2.99. The zero-order valence-electron chi connectivity index (χ0n) is 13.3. The first-order chi connectivity index (χ1) is 10.1. The summed E-state index contributed by atoms with van der Waals surface area (Å²) in [5.74, 6) is 1.47. The van der Waals surface area contributed by atoms with E-state index in [0.29, 0.717) is 6.54 Å². The van der Waals surface area contributed by atoms with Crippen LogP contribution >= 0.6 is 0 Å². The van der Waals surface area contributed by atoms with Gasteiger partial charge in [-0.1, -0.05) is 12.2 Å². The highest BCUT2D eigenvalue weighted by molar-refractivity contribution is 5.64. The SMILES string of the molecule is CN(CCC1CCC(C=CCN2CCCC2)CC1)C(=O)O. The van der Waals surface area contributed by atoms with Crippen LogP contribution in [0.5, 0.6) is 0 Å². The summed E-state index contributed by atoms with van der Waals surface area (Å²) in [4.78, 5) is 14.7. The van der Waals surface area contributed by atoms with Gasteiger partial charge in [0.25, 0.3) is 0 Å². The summed E-state index contributed by atoms with van der Waals surface area (Å²) >= 11 is 0. The van der Waals surface area contributed by atoms with E-state index in [1.807, 2.05) is 0 Å². The molecule has 0 atom stereocenters. The number of nitrogens with zero attached hydrogens (tertiary/aromatic N) is 2. The molecular weight excluding hydrogens is 264 g/mol. The van der Waals surface area contributed by atoms with E-state index in [0.717, 1.165) is 24.8 Å². The predicted octanol–water partition coefficient (Wildman–Crippen LogP) is 3.44. The monoisotopic (exact) mass is 294 g/mol. The molecular formula is C17H30N2O2. The summed E-state index contributed by atoms with van der Waals surface area (Å²) in [6.07, 6.45) is 12.8. The largest absolute Gasteiger partial charge is 0.465 e. The quantitative estimate of drug-likeness (QED) is 0.763. The third-order valence-corrected chi connectivity index (χ3v) is 5.06. The van der Waals surface area contributed by atoms with Crippen molar-refractivity contribution in [1.29, 1.82) is 0 Å². The molecule has 0 spiro atoms. The molecule has 2 aliphatic rings. The fraction of sp³-hybridized carbons (Fsp3) is 0.824. The molecule has 1 heterocycles. The van der Waals surface area contributed by atoms with Crippen LogP contribution in [-0.4, -0.2) is 54.2 Å². The highest BCUT2D eigenvalue weighted by Crippen LogP contribution is 2.31. The van der Waals surface area contributed by atoms with Gasteiger partial charge in [0, 0.05) is 20.1 Å². The van der Waals surface area contributed by atoms with E-state index in [9.17, 15) is 4.79 Å².